The molecule has 0 fully saturated rings. The van der Waals surface area contributed by atoms with Gasteiger partial charge < -0.3 is 5.32 Å². The van der Waals surface area contributed by atoms with Crippen molar-refractivity contribution < 1.29 is 4.39 Å². The third-order valence-corrected chi connectivity index (χ3v) is 4.22. The minimum absolute atomic E-state index is 0.170. The molecule has 0 saturated heterocycles. The van der Waals surface area contributed by atoms with Gasteiger partial charge in [0.05, 0.1) is 0 Å². The molecule has 1 aliphatic rings. The Morgan fingerprint density at radius 1 is 1.20 bits per heavy atom. The Bertz CT molecular complexity index is 606. The van der Waals surface area contributed by atoms with Crippen LogP contribution in [0, 0.1) is 12.7 Å². The normalized spacial score (nSPS) is 17.6. The lowest BCUT2D eigenvalue weighted by Gasteiger charge is -2.26. The van der Waals surface area contributed by atoms with Crippen molar-refractivity contribution in [3.63, 3.8) is 0 Å². The zero-order valence-electron chi connectivity index (χ0n) is 11.8. The monoisotopic (exact) mass is 269 g/mol. The highest BCUT2D eigenvalue weighted by Crippen LogP contribution is 2.31. The fourth-order valence-electron chi connectivity index (χ4n) is 3.13. The second-order valence-corrected chi connectivity index (χ2v) is 5.63. The van der Waals surface area contributed by atoms with E-state index in [1.165, 1.54) is 36.5 Å². The zero-order chi connectivity index (χ0) is 13.9. The molecular weight excluding hydrogens is 249 g/mol. The molecule has 20 heavy (non-hydrogen) atoms. The molecule has 1 nitrogen and oxygen atoms in total. The number of rotatable bonds is 3. The second-order valence-electron chi connectivity index (χ2n) is 5.63. The molecular formula is C18H20FN. The fourth-order valence-corrected chi connectivity index (χ4v) is 3.13. The molecule has 3 rings (SSSR count). The van der Waals surface area contributed by atoms with Gasteiger partial charge in [0.25, 0.3) is 0 Å². The highest BCUT2D eigenvalue weighted by Gasteiger charge is 2.19. The van der Waals surface area contributed by atoms with Crippen molar-refractivity contribution in [2.75, 3.05) is 11.9 Å². The lowest BCUT2D eigenvalue weighted by molar-refractivity contribution is 0.571. The molecule has 2 aromatic carbocycles. The fraction of sp³-hybridized carbons (Fsp3) is 0.333. The predicted molar refractivity (Wildman–Crippen MR) is 81.7 cm³/mol. The van der Waals surface area contributed by atoms with Gasteiger partial charge in [0.15, 0.2) is 0 Å². The van der Waals surface area contributed by atoms with Gasteiger partial charge in [-0.25, -0.2) is 4.39 Å². The van der Waals surface area contributed by atoms with E-state index < -0.39 is 0 Å². The third kappa shape index (κ3) is 2.69. The van der Waals surface area contributed by atoms with E-state index in [-0.39, 0.29) is 5.82 Å². The van der Waals surface area contributed by atoms with Crippen LogP contribution in [0.4, 0.5) is 10.1 Å². The summed E-state index contributed by atoms with van der Waals surface area (Å²) in [6.45, 7) is 2.86. The maximum Gasteiger partial charge on any atom is 0.123 e. The Balaban J connectivity index is 1.73. The van der Waals surface area contributed by atoms with Gasteiger partial charge in [0, 0.05) is 18.2 Å². The minimum atomic E-state index is -0.170. The van der Waals surface area contributed by atoms with Crippen LogP contribution in [0.3, 0.4) is 0 Å². The summed E-state index contributed by atoms with van der Waals surface area (Å²) >= 11 is 0. The molecule has 104 valence electrons. The summed E-state index contributed by atoms with van der Waals surface area (Å²) in [6, 6.07) is 13.7. The van der Waals surface area contributed by atoms with E-state index in [2.05, 4.69) is 29.6 Å². The van der Waals surface area contributed by atoms with Crippen molar-refractivity contribution in [2.24, 2.45) is 0 Å². The SMILES string of the molecule is Cc1cc(F)ccc1NCC1CCCc2ccccc21. The molecule has 0 amide bonds. The highest BCUT2D eigenvalue weighted by atomic mass is 19.1. The summed E-state index contributed by atoms with van der Waals surface area (Å²) < 4.78 is 13.1. The van der Waals surface area contributed by atoms with Crippen molar-refractivity contribution >= 4 is 5.69 Å². The molecule has 0 aromatic heterocycles. The topological polar surface area (TPSA) is 12.0 Å². The van der Waals surface area contributed by atoms with Crippen LogP contribution in [0.2, 0.25) is 0 Å². The average molecular weight is 269 g/mol. The first-order valence-electron chi connectivity index (χ1n) is 7.32. The zero-order valence-corrected chi connectivity index (χ0v) is 11.8. The van der Waals surface area contributed by atoms with Crippen LogP contribution in [-0.4, -0.2) is 6.54 Å². The van der Waals surface area contributed by atoms with E-state index >= 15 is 0 Å². The minimum Gasteiger partial charge on any atom is -0.384 e. The number of hydrogen-bond acceptors (Lipinski definition) is 1. The predicted octanol–water partition coefficient (Wildman–Crippen LogP) is 4.67. The molecule has 0 spiro atoms. The van der Waals surface area contributed by atoms with Gasteiger partial charge in [0.1, 0.15) is 5.82 Å². The van der Waals surface area contributed by atoms with Crippen molar-refractivity contribution in [1.82, 2.24) is 0 Å². The molecule has 1 unspecified atom stereocenters. The van der Waals surface area contributed by atoms with Gasteiger partial charge in [-0.1, -0.05) is 24.3 Å². The maximum absolute atomic E-state index is 13.1. The standard InChI is InChI=1S/C18H20FN/c1-13-11-16(19)9-10-18(13)20-12-15-7-4-6-14-5-2-3-8-17(14)15/h2-3,5,8-11,15,20H,4,6-7,12H2,1H3. The van der Waals surface area contributed by atoms with Gasteiger partial charge in [-0.3, -0.25) is 0 Å². The lowest BCUT2D eigenvalue weighted by atomic mass is 9.83. The van der Waals surface area contributed by atoms with Crippen LogP contribution in [0.5, 0.6) is 0 Å². The molecule has 2 heteroatoms. The first-order valence-corrected chi connectivity index (χ1v) is 7.32. The van der Waals surface area contributed by atoms with Gasteiger partial charge in [0.2, 0.25) is 0 Å². The Labute approximate surface area is 119 Å². The van der Waals surface area contributed by atoms with Gasteiger partial charge in [-0.15, -0.1) is 0 Å². The third-order valence-electron chi connectivity index (χ3n) is 4.22. The van der Waals surface area contributed by atoms with Crippen LogP contribution in [0.25, 0.3) is 0 Å². The van der Waals surface area contributed by atoms with Crippen molar-refractivity contribution in [3.05, 3.63) is 65.0 Å². The quantitative estimate of drug-likeness (QED) is 0.854. The van der Waals surface area contributed by atoms with Crippen LogP contribution in [0.15, 0.2) is 42.5 Å². The van der Waals surface area contributed by atoms with Gasteiger partial charge in [-0.2, -0.15) is 0 Å². The van der Waals surface area contributed by atoms with E-state index in [9.17, 15) is 4.39 Å². The van der Waals surface area contributed by atoms with E-state index in [1.807, 2.05) is 13.0 Å². The largest absolute Gasteiger partial charge is 0.384 e. The first kappa shape index (κ1) is 13.2. The number of fused-ring (bicyclic) bond motifs is 1. The molecule has 1 N–H and O–H groups in total. The van der Waals surface area contributed by atoms with E-state index in [0.29, 0.717) is 5.92 Å². The van der Waals surface area contributed by atoms with Crippen LogP contribution in [-0.2, 0) is 6.42 Å². The molecule has 0 saturated carbocycles. The van der Waals surface area contributed by atoms with E-state index in [4.69, 9.17) is 0 Å². The van der Waals surface area contributed by atoms with Crippen LogP contribution in [0.1, 0.15) is 35.4 Å². The number of anilines is 1. The molecule has 0 heterocycles. The summed E-state index contributed by atoms with van der Waals surface area (Å²) in [5, 5.41) is 3.48. The summed E-state index contributed by atoms with van der Waals surface area (Å²) in [7, 11) is 0. The van der Waals surface area contributed by atoms with Gasteiger partial charge in [-0.05, 0) is 61.1 Å². The Kier molecular flexibility index (Phi) is 3.72. The summed E-state index contributed by atoms with van der Waals surface area (Å²) in [6.07, 6.45) is 3.68. The second kappa shape index (κ2) is 5.66. The highest BCUT2D eigenvalue weighted by molar-refractivity contribution is 5.51. The maximum atomic E-state index is 13.1. The molecule has 1 atom stereocenters. The summed E-state index contributed by atoms with van der Waals surface area (Å²) in [5.74, 6) is 0.389. The van der Waals surface area contributed by atoms with E-state index in [0.717, 1.165) is 17.8 Å². The van der Waals surface area contributed by atoms with Gasteiger partial charge >= 0.3 is 0 Å². The van der Waals surface area contributed by atoms with Crippen molar-refractivity contribution in [3.8, 4) is 0 Å². The Morgan fingerprint density at radius 3 is 2.90 bits per heavy atom. The van der Waals surface area contributed by atoms with E-state index in [1.54, 1.807) is 6.07 Å². The summed E-state index contributed by atoms with van der Waals surface area (Å²) in [4.78, 5) is 0. The lowest BCUT2D eigenvalue weighted by Crippen LogP contribution is -2.18. The number of hydrogen-bond donors (Lipinski definition) is 1. The first-order chi connectivity index (χ1) is 9.74. The number of benzene rings is 2. The number of aryl methyl sites for hydroxylation is 2. The molecule has 0 radical (unpaired) electrons. The van der Waals surface area contributed by atoms with Crippen LogP contribution < -0.4 is 5.32 Å². The Hall–Kier alpha value is -1.83. The summed E-state index contributed by atoms with van der Waals surface area (Å²) in [5.41, 5.74) is 4.97. The number of nitrogens with one attached hydrogen (secondary N) is 1. The molecule has 1 aliphatic carbocycles. The van der Waals surface area contributed by atoms with Crippen molar-refractivity contribution in [2.45, 2.75) is 32.1 Å². The molecule has 0 aliphatic heterocycles. The average Bonchev–Trinajstić information content (AvgIpc) is 2.46. The number of halogens is 1. The molecule has 2 aromatic rings. The Morgan fingerprint density at radius 2 is 2.05 bits per heavy atom. The molecule has 0 bridgehead atoms. The van der Waals surface area contributed by atoms with Crippen LogP contribution >= 0.6 is 0 Å². The smallest absolute Gasteiger partial charge is 0.123 e. The van der Waals surface area contributed by atoms with Crippen molar-refractivity contribution in [1.29, 1.82) is 0 Å².